The van der Waals surface area contributed by atoms with Crippen molar-refractivity contribution in [2.75, 3.05) is 25.2 Å². The molecule has 8 heteroatoms. The number of fused-ring (bicyclic) bond motifs is 1. The summed E-state index contributed by atoms with van der Waals surface area (Å²) in [5.74, 6) is -0.649. The predicted octanol–water partition coefficient (Wildman–Crippen LogP) is 1.76. The maximum atomic E-state index is 12.9. The predicted molar refractivity (Wildman–Crippen MR) is 92.6 cm³/mol. The van der Waals surface area contributed by atoms with Gasteiger partial charge in [-0.15, -0.1) is 0 Å². The molecule has 0 aliphatic carbocycles. The summed E-state index contributed by atoms with van der Waals surface area (Å²) in [5.41, 5.74) is 0.851. The van der Waals surface area contributed by atoms with Crippen LogP contribution in [0.5, 0.6) is 0 Å². The van der Waals surface area contributed by atoms with E-state index in [9.17, 15) is 19.7 Å². The Morgan fingerprint density at radius 1 is 1.48 bits per heavy atom. The number of ether oxygens (including phenoxy) is 1. The van der Waals surface area contributed by atoms with Crippen molar-refractivity contribution in [1.82, 2.24) is 5.32 Å². The number of anilines is 1. The number of methoxy groups -OCH3 is 1. The second kappa shape index (κ2) is 7.18. The molecule has 1 aliphatic rings. The number of nitrogens with one attached hydrogen (secondary N) is 1. The summed E-state index contributed by atoms with van der Waals surface area (Å²) >= 11 is 0. The van der Waals surface area contributed by atoms with E-state index in [0.29, 0.717) is 18.7 Å². The van der Waals surface area contributed by atoms with Crippen LogP contribution >= 0.6 is 0 Å². The highest BCUT2D eigenvalue weighted by atomic mass is 16.6. The zero-order valence-electron chi connectivity index (χ0n) is 14.9. The summed E-state index contributed by atoms with van der Waals surface area (Å²) in [5, 5.41) is 13.8. The summed E-state index contributed by atoms with van der Waals surface area (Å²) in [7, 11) is 1.41. The third-order valence-corrected chi connectivity index (χ3v) is 4.42. The smallest absolute Gasteiger partial charge is 0.271 e. The van der Waals surface area contributed by atoms with Crippen molar-refractivity contribution in [1.29, 1.82) is 0 Å². The van der Waals surface area contributed by atoms with Crippen LogP contribution in [-0.2, 0) is 19.7 Å². The Morgan fingerprint density at radius 3 is 2.72 bits per heavy atom. The van der Waals surface area contributed by atoms with Crippen LogP contribution in [0.1, 0.15) is 32.8 Å². The standard InChI is InChI=1S/C17H23N3O5/c1-5-19-14-8-11(20(23)24)6-7-12(14)17(2,3)9-13(16(19)22)18-15(21)10-25-4/h6-8,13H,5,9-10H2,1-4H3,(H,18,21). The number of nitro groups is 1. The molecule has 0 bridgehead atoms. The Kier molecular flexibility index (Phi) is 5.42. The van der Waals surface area contributed by atoms with Crippen LogP contribution in [0.4, 0.5) is 11.4 Å². The van der Waals surface area contributed by atoms with Crippen molar-refractivity contribution in [2.24, 2.45) is 0 Å². The summed E-state index contributed by atoms with van der Waals surface area (Å²) < 4.78 is 4.81. The Labute approximate surface area is 146 Å². The maximum absolute atomic E-state index is 12.9. The van der Waals surface area contributed by atoms with Gasteiger partial charge in [0.1, 0.15) is 12.6 Å². The highest BCUT2D eigenvalue weighted by Crippen LogP contribution is 2.40. The fraction of sp³-hybridized carbons (Fsp3) is 0.529. The molecule has 1 N–H and O–H groups in total. The number of hydrogen-bond acceptors (Lipinski definition) is 5. The third kappa shape index (κ3) is 3.79. The van der Waals surface area contributed by atoms with Gasteiger partial charge in [0.15, 0.2) is 0 Å². The van der Waals surface area contributed by atoms with Gasteiger partial charge in [0.05, 0.1) is 10.6 Å². The lowest BCUT2D eigenvalue weighted by Crippen LogP contribution is -2.49. The van der Waals surface area contributed by atoms with Crippen LogP contribution in [0.3, 0.4) is 0 Å². The van der Waals surface area contributed by atoms with E-state index in [1.54, 1.807) is 13.0 Å². The van der Waals surface area contributed by atoms with E-state index < -0.39 is 16.4 Å². The minimum absolute atomic E-state index is 0.0670. The fourth-order valence-electron chi connectivity index (χ4n) is 3.25. The zero-order chi connectivity index (χ0) is 18.8. The van der Waals surface area contributed by atoms with Crippen molar-refractivity contribution in [2.45, 2.75) is 38.6 Å². The van der Waals surface area contributed by atoms with Gasteiger partial charge >= 0.3 is 0 Å². The van der Waals surface area contributed by atoms with Gasteiger partial charge in [-0.05, 0) is 30.4 Å². The summed E-state index contributed by atoms with van der Waals surface area (Å²) in [6, 6.07) is 3.85. The number of likely N-dealkylation sites (N-methyl/N-ethyl adjacent to an activating group) is 1. The van der Waals surface area contributed by atoms with Gasteiger partial charge in [-0.1, -0.05) is 13.8 Å². The number of carbonyl (C=O) groups excluding carboxylic acids is 2. The number of amides is 2. The van der Waals surface area contributed by atoms with E-state index in [1.165, 1.54) is 24.1 Å². The average molecular weight is 349 g/mol. The fourth-order valence-corrected chi connectivity index (χ4v) is 3.25. The van der Waals surface area contributed by atoms with E-state index in [1.807, 2.05) is 13.8 Å². The molecule has 1 heterocycles. The Bertz CT molecular complexity index is 702. The number of non-ortho nitro benzene ring substituents is 1. The highest BCUT2D eigenvalue weighted by molar-refractivity contribution is 6.01. The molecule has 0 saturated carbocycles. The number of nitrogens with zero attached hydrogens (tertiary/aromatic N) is 2. The lowest BCUT2D eigenvalue weighted by Gasteiger charge is -2.27. The van der Waals surface area contributed by atoms with Crippen LogP contribution in [0, 0.1) is 10.1 Å². The zero-order valence-corrected chi connectivity index (χ0v) is 14.9. The van der Waals surface area contributed by atoms with Crippen LogP contribution in [0.25, 0.3) is 0 Å². The van der Waals surface area contributed by atoms with Crippen molar-refractivity contribution < 1.29 is 19.2 Å². The molecule has 1 aromatic carbocycles. The molecule has 0 aromatic heterocycles. The molecule has 1 unspecified atom stereocenters. The second-order valence-corrected chi connectivity index (χ2v) is 6.68. The van der Waals surface area contributed by atoms with Crippen LogP contribution < -0.4 is 10.2 Å². The number of rotatable bonds is 5. The molecule has 1 atom stereocenters. The SMILES string of the molecule is CCN1C(=O)C(NC(=O)COC)CC(C)(C)c2ccc([N+](=O)[O-])cc21. The van der Waals surface area contributed by atoms with E-state index in [2.05, 4.69) is 5.32 Å². The summed E-state index contributed by atoms with van der Waals surface area (Å²) in [6.07, 6.45) is 0.391. The minimum atomic E-state index is -0.718. The van der Waals surface area contributed by atoms with Crippen molar-refractivity contribution in [3.63, 3.8) is 0 Å². The molecule has 0 spiro atoms. The van der Waals surface area contributed by atoms with Gasteiger partial charge in [0.25, 0.3) is 5.69 Å². The van der Waals surface area contributed by atoms with Gasteiger partial charge in [-0.3, -0.25) is 19.7 Å². The molecule has 2 rings (SSSR count). The number of hydrogen-bond donors (Lipinski definition) is 1. The van der Waals surface area contributed by atoms with Gasteiger partial charge < -0.3 is 15.0 Å². The largest absolute Gasteiger partial charge is 0.375 e. The highest BCUT2D eigenvalue weighted by Gasteiger charge is 2.39. The van der Waals surface area contributed by atoms with Crippen molar-refractivity contribution >= 4 is 23.2 Å². The first kappa shape index (κ1) is 18.9. The van der Waals surface area contributed by atoms with Crippen LogP contribution in [0.2, 0.25) is 0 Å². The Balaban J connectivity index is 2.50. The first-order valence-corrected chi connectivity index (χ1v) is 8.10. The van der Waals surface area contributed by atoms with Crippen molar-refractivity contribution in [3.8, 4) is 0 Å². The lowest BCUT2D eigenvalue weighted by atomic mass is 9.79. The van der Waals surface area contributed by atoms with Gasteiger partial charge in [-0.2, -0.15) is 0 Å². The molecule has 1 aliphatic heterocycles. The van der Waals surface area contributed by atoms with Gasteiger partial charge in [0, 0.05) is 25.8 Å². The van der Waals surface area contributed by atoms with E-state index in [-0.39, 0.29) is 24.1 Å². The molecule has 0 fully saturated rings. The van der Waals surface area contributed by atoms with Gasteiger partial charge in [0.2, 0.25) is 11.8 Å². The Hall–Kier alpha value is -2.48. The molecule has 0 saturated heterocycles. The van der Waals surface area contributed by atoms with Gasteiger partial charge in [-0.25, -0.2) is 0 Å². The first-order chi connectivity index (χ1) is 11.7. The lowest BCUT2D eigenvalue weighted by molar-refractivity contribution is -0.384. The van der Waals surface area contributed by atoms with Crippen LogP contribution in [-0.4, -0.2) is 43.0 Å². The molecular formula is C17H23N3O5. The molecule has 8 nitrogen and oxygen atoms in total. The molecule has 2 amide bonds. The quantitative estimate of drug-likeness (QED) is 0.645. The normalized spacial score (nSPS) is 19.1. The minimum Gasteiger partial charge on any atom is -0.375 e. The number of benzene rings is 1. The summed E-state index contributed by atoms with van der Waals surface area (Å²) in [4.78, 5) is 37.0. The maximum Gasteiger partial charge on any atom is 0.271 e. The molecular weight excluding hydrogens is 326 g/mol. The molecule has 25 heavy (non-hydrogen) atoms. The third-order valence-electron chi connectivity index (χ3n) is 4.42. The van der Waals surface area contributed by atoms with E-state index in [4.69, 9.17) is 4.74 Å². The topological polar surface area (TPSA) is 102 Å². The second-order valence-electron chi connectivity index (χ2n) is 6.68. The summed E-state index contributed by atoms with van der Waals surface area (Å²) in [6.45, 7) is 5.93. The number of nitro benzene ring substituents is 1. The molecule has 0 radical (unpaired) electrons. The first-order valence-electron chi connectivity index (χ1n) is 8.10. The molecule has 136 valence electrons. The Morgan fingerprint density at radius 2 is 2.16 bits per heavy atom. The van der Waals surface area contributed by atoms with Crippen LogP contribution in [0.15, 0.2) is 18.2 Å². The molecule has 1 aromatic rings. The van der Waals surface area contributed by atoms with E-state index in [0.717, 1.165) is 5.56 Å². The number of carbonyl (C=O) groups is 2. The van der Waals surface area contributed by atoms with E-state index >= 15 is 0 Å². The average Bonchev–Trinajstić information content (AvgIpc) is 2.61. The monoisotopic (exact) mass is 349 g/mol. The van der Waals surface area contributed by atoms with Crippen molar-refractivity contribution in [3.05, 3.63) is 33.9 Å².